The van der Waals surface area contributed by atoms with E-state index in [-0.39, 0.29) is 23.8 Å². The summed E-state index contributed by atoms with van der Waals surface area (Å²) in [6, 6.07) is 0. The quantitative estimate of drug-likeness (QED) is 0.230. The van der Waals surface area contributed by atoms with Crippen LogP contribution in [0.1, 0.15) is 53.4 Å². The van der Waals surface area contributed by atoms with Crippen LogP contribution in [0.15, 0.2) is 0 Å². The van der Waals surface area contributed by atoms with Crippen molar-refractivity contribution in [3.63, 3.8) is 0 Å². The third-order valence-corrected chi connectivity index (χ3v) is 14.5. The predicted molar refractivity (Wildman–Crippen MR) is 97.1 cm³/mol. The van der Waals surface area contributed by atoms with Gasteiger partial charge in [-0.2, -0.15) is 0 Å². The summed E-state index contributed by atoms with van der Waals surface area (Å²) in [6.07, 6.45) is 3.67. The van der Waals surface area contributed by atoms with Gasteiger partial charge in [-0.25, -0.2) is 0 Å². The van der Waals surface area contributed by atoms with Crippen LogP contribution in [-0.2, 0) is 19.1 Å². The first-order chi connectivity index (χ1) is 10.7. The van der Waals surface area contributed by atoms with Gasteiger partial charge in [0.15, 0.2) is 0 Å². The van der Waals surface area contributed by atoms with Gasteiger partial charge in [0, 0.05) is 0 Å². The van der Waals surface area contributed by atoms with Crippen LogP contribution in [0.2, 0.25) is 8.87 Å². The summed E-state index contributed by atoms with van der Waals surface area (Å²) in [5.74, 6) is -1.14. The Kier molecular flexibility index (Phi) is 12.8. The Hall–Kier alpha value is 0.319. The van der Waals surface area contributed by atoms with E-state index < -0.39 is 16.1 Å². The molecule has 2 unspecified atom stereocenters. The molecule has 2 atom stereocenters. The third-order valence-electron chi connectivity index (χ3n) is 3.50. The maximum absolute atomic E-state index is 11.9. The van der Waals surface area contributed by atoms with Gasteiger partial charge in [-0.15, -0.1) is 0 Å². The Morgan fingerprint density at radius 2 is 1.22 bits per heavy atom. The first kappa shape index (κ1) is 23.3. The van der Waals surface area contributed by atoms with Crippen molar-refractivity contribution in [2.24, 2.45) is 11.8 Å². The molecule has 0 aromatic heterocycles. The van der Waals surface area contributed by atoms with E-state index in [2.05, 4.69) is 0 Å². The molecule has 7 heteroatoms. The second-order valence-corrected chi connectivity index (χ2v) is 24.3. The van der Waals surface area contributed by atoms with Crippen LogP contribution in [0.3, 0.4) is 0 Å². The van der Waals surface area contributed by atoms with Crippen molar-refractivity contribution < 1.29 is 19.1 Å². The summed E-state index contributed by atoms with van der Waals surface area (Å²) in [7, 11) is 13.0. The summed E-state index contributed by atoms with van der Waals surface area (Å²) < 4.78 is 11.3. The Bertz CT molecular complexity index is 332. The van der Waals surface area contributed by atoms with Crippen molar-refractivity contribution in [2.45, 2.75) is 62.3 Å². The number of rotatable bonds is 12. The molecule has 0 bridgehead atoms. The van der Waals surface area contributed by atoms with Crippen molar-refractivity contribution in [3.8, 4) is 0 Å². The van der Waals surface area contributed by atoms with Gasteiger partial charge in [-0.3, -0.25) is 0 Å². The number of halogens is 2. The van der Waals surface area contributed by atoms with E-state index in [0.717, 1.165) is 25.7 Å². The van der Waals surface area contributed by atoms with E-state index in [4.69, 9.17) is 27.3 Å². The van der Waals surface area contributed by atoms with Gasteiger partial charge in [0.05, 0.1) is 0 Å². The van der Waals surface area contributed by atoms with E-state index in [0.29, 0.717) is 22.1 Å². The van der Waals surface area contributed by atoms with Crippen LogP contribution in [0, 0.1) is 11.8 Å². The molecule has 0 aromatic rings. The van der Waals surface area contributed by atoms with E-state index in [9.17, 15) is 9.59 Å². The van der Waals surface area contributed by atoms with E-state index in [1.807, 2.05) is 13.8 Å². The number of carbonyl (C=O) groups excluding carboxylic acids is 2. The van der Waals surface area contributed by atoms with Gasteiger partial charge in [-0.05, 0) is 0 Å². The third kappa shape index (κ3) is 11.5. The van der Waals surface area contributed by atoms with Crippen molar-refractivity contribution in [1.82, 2.24) is 0 Å². The molecule has 0 amide bonds. The fourth-order valence-electron chi connectivity index (χ4n) is 2.06. The number of hydrogen-bond acceptors (Lipinski definition) is 4. The molecule has 0 heterocycles. The average molecular weight is 476 g/mol. The summed E-state index contributed by atoms with van der Waals surface area (Å²) in [5.41, 5.74) is 0. The van der Waals surface area contributed by atoms with Crippen LogP contribution >= 0.6 is 17.8 Å². The molecule has 0 fully saturated rings. The Balaban J connectivity index is 4.28. The van der Waals surface area contributed by atoms with Gasteiger partial charge in [0.2, 0.25) is 0 Å². The van der Waals surface area contributed by atoms with E-state index in [1.54, 1.807) is 13.8 Å². The molecule has 0 aliphatic rings. The second kappa shape index (κ2) is 12.6. The Morgan fingerprint density at radius 3 is 1.52 bits per heavy atom. The molecule has 0 aromatic carbocycles. The zero-order chi connectivity index (χ0) is 17.9. The molecule has 23 heavy (non-hydrogen) atoms. The average Bonchev–Trinajstić information content (AvgIpc) is 2.46. The van der Waals surface area contributed by atoms with Crippen LogP contribution in [0.5, 0.6) is 0 Å². The topological polar surface area (TPSA) is 52.6 Å². The predicted octanol–water partition coefficient (Wildman–Crippen LogP) is 4.87. The molecule has 0 rings (SSSR count). The summed E-state index contributed by atoms with van der Waals surface area (Å²) >= 11 is -3.50. The van der Waals surface area contributed by atoms with Crippen molar-refractivity contribution in [1.29, 1.82) is 0 Å². The van der Waals surface area contributed by atoms with Crippen molar-refractivity contribution >= 4 is 45.9 Å². The van der Waals surface area contributed by atoms with E-state index in [1.165, 1.54) is 0 Å². The fourth-order valence-corrected chi connectivity index (χ4v) is 14.8. The number of carbonyl (C=O) groups is 2. The van der Waals surface area contributed by atoms with Crippen molar-refractivity contribution in [2.75, 3.05) is 13.2 Å². The SMILES string of the molecule is CCCCOC(=O)C(C)[CH2][Sn]([Cl])([Cl])[CH2]C(C)C(=O)OCCCC. The van der Waals surface area contributed by atoms with Gasteiger partial charge in [0.1, 0.15) is 0 Å². The molecule has 0 aliphatic carbocycles. The Labute approximate surface area is 151 Å². The minimum atomic E-state index is -3.50. The zero-order valence-corrected chi connectivity index (χ0v) is 19.1. The zero-order valence-electron chi connectivity index (χ0n) is 14.7. The first-order valence-electron chi connectivity index (χ1n) is 8.44. The van der Waals surface area contributed by atoms with Gasteiger partial charge in [0.25, 0.3) is 0 Å². The van der Waals surface area contributed by atoms with E-state index >= 15 is 0 Å². The summed E-state index contributed by atoms with van der Waals surface area (Å²) in [6.45, 7) is 8.53. The number of unbranched alkanes of at least 4 members (excludes halogenated alkanes) is 2. The molecular weight excluding hydrogens is 446 g/mol. The van der Waals surface area contributed by atoms with Gasteiger partial charge < -0.3 is 0 Å². The molecule has 0 saturated carbocycles. The number of ether oxygens (including phenoxy) is 2. The van der Waals surface area contributed by atoms with Gasteiger partial charge >= 0.3 is 152 Å². The molecular formula is C16H30Cl2O4Sn. The van der Waals surface area contributed by atoms with Crippen molar-refractivity contribution in [3.05, 3.63) is 0 Å². The molecule has 0 spiro atoms. The maximum atomic E-state index is 11.9. The molecule has 0 aliphatic heterocycles. The molecule has 4 nitrogen and oxygen atoms in total. The second-order valence-electron chi connectivity index (χ2n) is 6.11. The summed E-state index contributed by atoms with van der Waals surface area (Å²) in [5, 5.41) is 0. The minimum absolute atomic E-state index is 0.251. The monoisotopic (exact) mass is 476 g/mol. The molecule has 136 valence electrons. The van der Waals surface area contributed by atoms with Crippen LogP contribution in [0.25, 0.3) is 0 Å². The number of esters is 2. The van der Waals surface area contributed by atoms with Crippen LogP contribution in [-0.4, -0.2) is 41.3 Å². The van der Waals surface area contributed by atoms with Crippen LogP contribution < -0.4 is 0 Å². The summed E-state index contributed by atoms with van der Waals surface area (Å²) in [4.78, 5) is 23.8. The normalized spacial score (nSPS) is 14.2. The first-order valence-corrected chi connectivity index (χ1v) is 19.7. The molecule has 0 saturated heterocycles. The Morgan fingerprint density at radius 1 is 0.870 bits per heavy atom. The number of hydrogen-bond donors (Lipinski definition) is 0. The standard InChI is InChI=1S/2C8H15O2.2ClH.Sn/c2*1-4-5-6-10-8(9)7(2)3;;;/h2*7H,2,4-6H2,1,3H3;2*1H;/q;;;;+2/p-2. The van der Waals surface area contributed by atoms with Crippen LogP contribution in [0.4, 0.5) is 0 Å². The fraction of sp³-hybridized carbons (Fsp3) is 0.875. The van der Waals surface area contributed by atoms with Gasteiger partial charge in [-0.1, -0.05) is 0 Å². The molecule has 0 radical (unpaired) electrons. The molecule has 0 N–H and O–H groups in total.